The first kappa shape index (κ1) is 12.9. The Morgan fingerprint density at radius 3 is 2.82 bits per heavy atom. The van der Waals surface area contributed by atoms with Crippen molar-refractivity contribution in [1.82, 2.24) is 0 Å². The molecule has 0 spiro atoms. The second-order valence-electron chi connectivity index (χ2n) is 4.68. The van der Waals surface area contributed by atoms with Gasteiger partial charge in [0, 0.05) is 23.5 Å². The van der Waals surface area contributed by atoms with Gasteiger partial charge in [-0.3, -0.25) is 0 Å². The Kier molecular flexibility index (Phi) is 4.07. The number of halogens is 1. The Bertz CT molecular complexity index is 395. The van der Waals surface area contributed by atoms with Crippen LogP contribution in [-0.2, 0) is 6.61 Å². The van der Waals surface area contributed by atoms with Crippen molar-refractivity contribution in [3.05, 3.63) is 28.2 Å². The monoisotopic (exact) mass is 299 g/mol. The summed E-state index contributed by atoms with van der Waals surface area (Å²) in [5.74, 6) is 0.361. The van der Waals surface area contributed by atoms with E-state index in [0.29, 0.717) is 5.92 Å². The van der Waals surface area contributed by atoms with E-state index in [9.17, 15) is 5.11 Å². The molecular formula is C13H18BrNO2. The number of hydrogen-bond acceptors (Lipinski definition) is 3. The molecule has 17 heavy (non-hydrogen) atoms. The lowest BCUT2D eigenvalue weighted by molar-refractivity contribution is 0.136. The van der Waals surface area contributed by atoms with E-state index in [0.717, 1.165) is 35.2 Å². The lowest BCUT2D eigenvalue weighted by Gasteiger charge is -2.21. The summed E-state index contributed by atoms with van der Waals surface area (Å²) < 4.78 is 1.01. The Morgan fingerprint density at radius 2 is 2.29 bits per heavy atom. The Hall–Kier alpha value is -0.580. The van der Waals surface area contributed by atoms with E-state index in [2.05, 4.69) is 20.8 Å². The van der Waals surface area contributed by atoms with Crippen LogP contribution in [0.3, 0.4) is 0 Å². The molecule has 1 saturated heterocycles. The van der Waals surface area contributed by atoms with Crippen LogP contribution in [0.5, 0.6) is 0 Å². The fraction of sp³-hybridized carbons (Fsp3) is 0.538. The number of rotatable bonds is 3. The fourth-order valence-electron chi connectivity index (χ4n) is 2.31. The van der Waals surface area contributed by atoms with Crippen molar-refractivity contribution in [3.63, 3.8) is 0 Å². The molecule has 2 atom stereocenters. The summed E-state index contributed by atoms with van der Waals surface area (Å²) in [6.45, 7) is 3.80. The van der Waals surface area contributed by atoms with Crippen molar-refractivity contribution >= 4 is 21.6 Å². The molecular weight excluding hydrogens is 282 g/mol. The zero-order chi connectivity index (χ0) is 12.4. The van der Waals surface area contributed by atoms with E-state index >= 15 is 0 Å². The van der Waals surface area contributed by atoms with Crippen LogP contribution < -0.4 is 4.90 Å². The number of aliphatic hydroxyl groups is 2. The summed E-state index contributed by atoms with van der Waals surface area (Å²) in [4.78, 5) is 2.28. The molecule has 1 aliphatic rings. The Balaban J connectivity index is 2.13. The van der Waals surface area contributed by atoms with E-state index in [1.165, 1.54) is 0 Å². The van der Waals surface area contributed by atoms with Gasteiger partial charge < -0.3 is 15.1 Å². The molecule has 4 heteroatoms. The van der Waals surface area contributed by atoms with E-state index in [1.807, 2.05) is 25.1 Å². The lowest BCUT2D eigenvalue weighted by Crippen LogP contribution is -2.24. The molecule has 2 rings (SSSR count). The zero-order valence-electron chi connectivity index (χ0n) is 9.93. The van der Waals surface area contributed by atoms with Gasteiger partial charge in [0.05, 0.1) is 18.4 Å². The van der Waals surface area contributed by atoms with Crippen molar-refractivity contribution in [3.8, 4) is 0 Å². The highest BCUT2D eigenvalue weighted by Gasteiger charge is 2.26. The smallest absolute Gasteiger partial charge is 0.0682 e. The third-order valence-electron chi connectivity index (χ3n) is 3.44. The van der Waals surface area contributed by atoms with Crippen LogP contribution in [0.2, 0.25) is 0 Å². The molecule has 0 saturated carbocycles. The molecule has 0 aromatic heterocycles. The minimum absolute atomic E-state index is 0.0647. The van der Waals surface area contributed by atoms with Gasteiger partial charge >= 0.3 is 0 Å². The number of aliphatic hydroxyl groups excluding tert-OH is 2. The normalized spacial score (nSPS) is 21.9. The predicted octanol–water partition coefficient (Wildman–Crippen LogP) is 2.15. The van der Waals surface area contributed by atoms with Crippen molar-refractivity contribution in [2.45, 2.75) is 26.1 Å². The van der Waals surface area contributed by atoms with Gasteiger partial charge in [-0.2, -0.15) is 0 Å². The van der Waals surface area contributed by atoms with Gasteiger partial charge in [-0.15, -0.1) is 0 Å². The van der Waals surface area contributed by atoms with Crippen LogP contribution >= 0.6 is 15.9 Å². The maximum Gasteiger partial charge on any atom is 0.0682 e. The van der Waals surface area contributed by atoms with Crippen molar-refractivity contribution in [2.24, 2.45) is 5.92 Å². The first-order chi connectivity index (χ1) is 8.11. The average Bonchev–Trinajstić information content (AvgIpc) is 2.78. The molecule has 1 aromatic carbocycles. The molecule has 1 aliphatic heterocycles. The summed E-state index contributed by atoms with van der Waals surface area (Å²) in [7, 11) is 0. The highest BCUT2D eigenvalue weighted by molar-refractivity contribution is 9.10. The first-order valence-corrected chi connectivity index (χ1v) is 6.73. The molecule has 1 fully saturated rings. The van der Waals surface area contributed by atoms with Crippen LogP contribution in [0.25, 0.3) is 0 Å². The second kappa shape index (κ2) is 5.38. The van der Waals surface area contributed by atoms with E-state index in [-0.39, 0.29) is 12.7 Å². The molecule has 0 amide bonds. The van der Waals surface area contributed by atoms with Crippen LogP contribution in [0, 0.1) is 5.92 Å². The van der Waals surface area contributed by atoms with Gasteiger partial charge in [0.2, 0.25) is 0 Å². The minimum Gasteiger partial charge on any atom is -0.393 e. The third kappa shape index (κ3) is 2.81. The average molecular weight is 300 g/mol. The van der Waals surface area contributed by atoms with Gasteiger partial charge in [-0.1, -0.05) is 6.07 Å². The zero-order valence-corrected chi connectivity index (χ0v) is 11.5. The maximum absolute atomic E-state index is 9.60. The molecule has 1 aromatic rings. The lowest BCUT2D eigenvalue weighted by atomic mass is 10.0. The molecule has 1 heterocycles. The standard InChI is InChI=1S/C13H18BrNO2/c1-9(17)11-4-5-15(7-11)13-3-2-10(8-16)6-12(13)14/h2-3,6,9,11,16-17H,4-5,7-8H2,1H3. The minimum atomic E-state index is -0.240. The molecule has 94 valence electrons. The van der Waals surface area contributed by atoms with Gasteiger partial charge in [-0.25, -0.2) is 0 Å². The quantitative estimate of drug-likeness (QED) is 0.899. The Morgan fingerprint density at radius 1 is 1.53 bits per heavy atom. The highest BCUT2D eigenvalue weighted by atomic mass is 79.9. The summed E-state index contributed by atoms with van der Waals surface area (Å²) in [5, 5.41) is 18.7. The summed E-state index contributed by atoms with van der Waals surface area (Å²) in [6, 6.07) is 5.92. The third-order valence-corrected chi connectivity index (χ3v) is 4.08. The molecule has 2 unspecified atom stereocenters. The molecule has 0 aliphatic carbocycles. The van der Waals surface area contributed by atoms with Crippen molar-refractivity contribution in [2.75, 3.05) is 18.0 Å². The predicted molar refractivity (Wildman–Crippen MR) is 72.1 cm³/mol. The highest BCUT2D eigenvalue weighted by Crippen LogP contribution is 2.32. The van der Waals surface area contributed by atoms with E-state index < -0.39 is 0 Å². The first-order valence-electron chi connectivity index (χ1n) is 5.94. The number of anilines is 1. The van der Waals surface area contributed by atoms with Gasteiger partial charge in [0.15, 0.2) is 0 Å². The van der Waals surface area contributed by atoms with Crippen LogP contribution in [0.1, 0.15) is 18.9 Å². The second-order valence-corrected chi connectivity index (χ2v) is 5.53. The van der Waals surface area contributed by atoms with E-state index in [1.54, 1.807) is 0 Å². The topological polar surface area (TPSA) is 43.7 Å². The fourth-order valence-corrected chi connectivity index (χ4v) is 2.98. The molecule has 0 radical (unpaired) electrons. The van der Waals surface area contributed by atoms with Gasteiger partial charge in [0.25, 0.3) is 0 Å². The number of nitrogens with zero attached hydrogens (tertiary/aromatic N) is 1. The van der Waals surface area contributed by atoms with Crippen LogP contribution in [-0.4, -0.2) is 29.4 Å². The van der Waals surface area contributed by atoms with Crippen LogP contribution in [0.15, 0.2) is 22.7 Å². The summed E-state index contributed by atoms with van der Waals surface area (Å²) in [5.41, 5.74) is 2.05. The summed E-state index contributed by atoms with van der Waals surface area (Å²) in [6.07, 6.45) is 0.793. The molecule has 3 nitrogen and oxygen atoms in total. The van der Waals surface area contributed by atoms with Gasteiger partial charge in [-0.05, 0) is 47.0 Å². The van der Waals surface area contributed by atoms with Gasteiger partial charge in [0.1, 0.15) is 0 Å². The van der Waals surface area contributed by atoms with E-state index in [4.69, 9.17) is 5.11 Å². The number of benzene rings is 1. The van der Waals surface area contributed by atoms with Crippen LogP contribution in [0.4, 0.5) is 5.69 Å². The molecule has 0 bridgehead atoms. The maximum atomic E-state index is 9.60. The molecule has 2 N–H and O–H groups in total. The largest absolute Gasteiger partial charge is 0.393 e. The van der Waals surface area contributed by atoms with Crippen molar-refractivity contribution in [1.29, 1.82) is 0 Å². The summed E-state index contributed by atoms with van der Waals surface area (Å²) >= 11 is 3.54. The Labute approximate surface area is 110 Å². The SMILES string of the molecule is CC(O)C1CCN(c2ccc(CO)cc2Br)C1. The number of hydrogen-bond donors (Lipinski definition) is 2. The van der Waals surface area contributed by atoms with Crippen molar-refractivity contribution < 1.29 is 10.2 Å².